The first kappa shape index (κ1) is 14.1. The molecule has 0 aromatic heterocycles. The number of ketones is 1. The normalized spacial score (nSPS) is 18.1. The van der Waals surface area contributed by atoms with Gasteiger partial charge in [0, 0.05) is 16.8 Å². The van der Waals surface area contributed by atoms with Gasteiger partial charge in [0.15, 0.2) is 5.78 Å². The van der Waals surface area contributed by atoms with Crippen molar-refractivity contribution in [2.75, 3.05) is 0 Å². The van der Waals surface area contributed by atoms with E-state index in [2.05, 4.69) is 10.6 Å². The van der Waals surface area contributed by atoms with Gasteiger partial charge < -0.3 is 15.7 Å². The van der Waals surface area contributed by atoms with Crippen molar-refractivity contribution in [1.29, 1.82) is 0 Å². The van der Waals surface area contributed by atoms with Crippen molar-refractivity contribution in [2.24, 2.45) is 0 Å². The number of urea groups is 1. The van der Waals surface area contributed by atoms with Crippen LogP contribution in [-0.4, -0.2) is 16.9 Å². The maximum Gasteiger partial charge on any atom is 0.319 e. The molecule has 5 nitrogen and oxygen atoms in total. The molecule has 3 N–H and O–H groups in total. The molecule has 0 saturated heterocycles. The Labute approximate surface area is 127 Å². The summed E-state index contributed by atoms with van der Waals surface area (Å²) >= 11 is 0. The molecule has 0 saturated carbocycles. The highest BCUT2D eigenvalue weighted by Gasteiger charge is 2.31. The Morgan fingerprint density at radius 1 is 1.18 bits per heavy atom. The summed E-state index contributed by atoms with van der Waals surface area (Å²) in [6, 6.07) is 9.88. The fourth-order valence-corrected chi connectivity index (χ4v) is 2.96. The van der Waals surface area contributed by atoms with Gasteiger partial charge in [-0.2, -0.15) is 0 Å². The Kier molecular flexibility index (Phi) is 3.33. The maximum atomic E-state index is 12.0. The van der Waals surface area contributed by atoms with Crippen molar-refractivity contribution < 1.29 is 14.7 Å². The first-order valence-corrected chi connectivity index (χ1v) is 6.99. The van der Waals surface area contributed by atoms with E-state index in [0.29, 0.717) is 16.8 Å². The van der Waals surface area contributed by atoms with E-state index in [0.717, 1.165) is 10.8 Å². The van der Waals surface area contributed by atoms with E-state index in [-0.39, 0.29) is 17.6 Å². The lowest BCUT2D eigenvalue weighted by Crippen LogP contribution is -2.44. The van der Waals surface area contributed by atoms with Gasteiger partial charge in [-0.3, -0.25) is 4.79 Å². The predicted molar refractivity (Wildman–Crippen MR) is 83.4 cm³/mol. The molecule has 1 atom stereocenters. The molecule has 1 aliphatic heterocycles. The number of phenols is 1. The highest BCUT2D eigenvalue weighted by molar-refractivity contribution is 6.00. The molecule has 2 aromatic rings. The van der Waals surface area contributed by atoms with Crippen LogP contribution >= 0.6 is 0 Å². The zero-order valence-corrected chi connectivity index (χ0v) is 12.3. The van der Waals surface area contributed by atoms with Gasteiger partial charge in [-0.25, -0.2) is 4.79 Å². The topological polar surface area (TPSA) is 78.4 Å². The van der Waals surface area contributed by atoms with Crippen LogP contribution in [0.2, 0.25) is 0 Å². The number of allylic oxidation sites excluding steroid dienone is 1. The largest absolute Gasteiger partial charge is 0.508 e. The highest BCUT2D eigenvalue weighted by atomic mass is 16.3. The van der Waals surface area contributed by atoms with Gasteiger partial charge in [0.1, 0.15) is 5.75 Å². The maximum absolute atomic E-state index is 12.0. The average molecular weight is 296 g/mol. The van der Waals surface area contributed by atoms with E-state index in [1.165, 1.54) is 6.92 Å². The number of hydrogen-bond donors (Lipinski definition) is 3. The standard InChI is InChI=1S/C17H16N2O3/c1-9-14(10(2)20)16(19-17(22)18-9)15-12-6-4-3-5-11(12)7-8-13(15)21/h3-8,16,21H,1-2H3,(H2,18,19,22)/t16-/m0/s1. The number of hydrogen-bond acceptors (Lipinski definition) is 3. The Morgan fingerprint density at radius 3 is 2.64 bits per heavy atom. The number of fused-ring (bicyclic) bond motifs is 1. The second-order valence-electron chi connectivity index (χ2n) is 5.35. The van der Waals surface area contributed by atoms with Gasteiger partial charge in [-0.15, -0.1) is 0 Å². The number of amides is 2. The number of carbonyl (C=O) groups excluding carboxylic acids is 2. The molecule has 112 valence electrons. The van der Waals surface area contributed by atoms with Crippen LogP contribution in [0.1, 0.15) is 25.5 Å². The molecule has 1 aliphatic rings. The van der Waals surface area contributed by atoms with Crippen molar-refractivity contribution in [3.05, 3.63) is 53.2 Å². The minimum atomic E-state index is -0.669. The van der Waals surface area contributed by atoms with Crippen LogP contribution in [0.25, 0.3) is 10.8 Å². The summed E-state index contributed by atoms with van der Waals surface area (Å²) in [6.45, 7) is 3.14. The molecule has 0 fully saturated rings. The SMILES string of the molecule is CC(=O)C1=C(C)NC(=O)N[C@@H]1c1c(O)ccc2ccccc12. The third kappa shape index (κ3) is 2.20. The lowest BCUT2D eigenvalue weighted by atomic mass is 9.89. The summed E-state index contributed by atoms with van der Waals surface area (Å²) in [5, 5.41) is 17.4. The molecule has 22 heavy (non-hydrogen) atoms. The molecule has 5 heteroatoms. The molecule has 0 aliphatic carbocycles. The van der Waals surface area contributed by atoms with Crippen LogP contribution < -0.4 is 10.6 Å². The van der Waals surface area contributed by atoms with Gasteiger partial charge in [0.2, 0.25) is 0 Å². The molecular weight excluding hydrogens is 280 g/mol. The summed E-state index contributed by atoms with van der Waals surface area (Å²) in [6.07, 6.45) is 0. The molecular formula is C17H16N2O3. The fourth-order valence-electron chi connectivity index (χ4n) is 2.96. The van der Waals surface area contributed by atoms with E-state index in [4.69, 9.17) is 0 Å². The first-order chi connectivity index (χ1) is 10.5. The lowest BCUT2D eigenvalue weighted by Gasteiger charge is -2.29. The molecule has 2 aromatic carbocycles. The van der Waals surface area contributed by atoms with Crippen molar-refractivity contribution in [3.8, 4) is 5.75 Å². The Morgan fingerprint density at radius 2 is 1.91 bits per heavy atom. The predicted octanol–water partition coefficient (Wildman–Crippen LogP) is 2.76. The zero-order valence-electron chi connectivity index (χ0n) is 12.3. The van der Waals surface area contributed by atoms with Crippen LogP contribution in [0, 0.1) is 0 Å². The number of carbonyl (C=O) groups is 2. The second kappa shape index (κ2) is 5.18. The highest BCUT2D eigenvalue weighted by Crippen LogP contribution is 2.37. The lowest BCUT2D eigenvalue weighted by molar-refractivity contribution is -0.114. The Balaban J connectivity index is 2.29. The monoisotopic (exact) mass is 296 g/mol. The van der Waals surface area contributed by atoms with Gasteiger partial charge in [-0.05, 0) is 30.7 Å². The van der Waals surface area contributed by atoms with E-state index in [1.54, 1.807) is 19.1 Å². The van der Waals surface area contributed by atoms with E-state index in [9.17, 15) is 14.7 Å². The first-order valence-electron chi connectivity index (χ1n) is 6.99. The Hall–Kier alpha value is -2.82. The van der Waals surface area contributed by atoms with Crippen LogP contribution in [0.4, 0.5) is 4.79 Å². The average Bonchev–Trinajstić information content (AvgIpc) is 2.45. The molecule has 0 bridgehead atoms. The third-order valence-electron chi connectivity index (χ3n) is 3.88. The van der Waals surface area contributed by atoms with Crippen molar-refractivity contribution in [1.82, 2.24) is 10.6 Å². The number of benzene rings is 2. The number of Topliss-reactive ketones (excluding diaryl/α,β-unsaturated/α-hetero) is 1. The van der Waals surface area contributed by atoms with Crippen LogP contribution in [0.5, 0.6) is 5.75 Å². The zero-order chi connectivity index (χ0) is 15.9. The van der Waals surface area contributed by atoms with Crippen molar-refractivity contribution in [2.45, 2.75) is 19.9 Å². The minimum absolute atomic E-state index is 0.0532. The van der Waals surface area contributed by atoms with E-state index < -0.39 is 6.04 Å². The van der Waals surface area contributed by atoms with Crippen molar-refractivity contribution >= 4 is 22.6 Å². The summed E-state index contributed by atoms with van der Waals surface area (Å²) < 4.78 is 0. The summed E-state index contributed by atoms with van der Waals surface area (Å²) in [4.78, 5) is 23.8. The minimum Gasteiger partial charge on any atom is -0.508 e. The molecule has 0 radical (unpaired) electrons. The van der Waals surface area contributed by atoms with E-state index >= 15 is 0 Å². The molecule has 0 spiro atoms. The Bertz CT molecular complexity index is 824. The van der Waals surface area contributed by atoms with E-state index in [1.807, 2.05) is 24.3 Å². The van der Waals surface area contributed by atoms with Crippen LogP contribution in [0.15, 0.2) is 47.7 Å². The smallest absolute Gasteiger partial charge is 0.319 e. The number of nitrogens with one attached hydrogen (secondary N) is 2. The van der Waals surface area contributed by atoms with Gasteiger partial charge in [-0.1, -0.05) is 30.3 Å². The molecule has 0 unspecified atom stereocenters. The summed E-state index contributed by atoms with van der Waals surface area (Å²) in [5.41, 5.74) is 1.50. The van der Waals surface area contributed by atoms with Gasteiger partial charge >= 0.3 is 6.03 Å². The fraction of sp³-hybridized carbons (Fsp3) is 0.176. The number of rotatable bonds is 2. The van der Waals surface area contributed by atoms with Gasteiger partial charge in [0.05, 0.1) is 6.04 Å². The number of aromatic hydroxyl groups is 1. The summed E-state index contributed by atoms with van der Waals surface area (Å²) in [5.74, 6) is -0.0974. The number of phenolic OH excluding ortho intramolecular Hbond substituents is 1. The van der Waals surface area contributed by atoms with Crippen LogP contribution in [0.3, 0.4) is 0 Å². The van der Waals surface area contributed by atoms with Gasteiger partial charge in [0.25, 0.3) is 0 Å². The second-order valence-corrected chi connectivity index (χ2v) is 5.35. The molecule has 1 heterocycles. The molecule has 3 rings (SSSR count). The van der Waals surface area contributed by atoms with Crippen LogP contribution in [-0.2, 0) is 4.79 Å². The third-order valence-corrected chi connectivity index (χ3v) is 3.88. The van der Waals surface area contributed by atoms with Crippen molar-refractivity contribution in [3.63, 3.8) is 0 Å². The quantitative estimate of drug-likeness (QED) is 0.797. The summed E-state index contributed by atoms with van der Waals surface area (Å²) in [7, 11) is 0. The molecule has 2 amide bonds.